The average molecular weight is 123 g/mol. The molecule has 9 heavy (non-hydrogen) atoms. The van der Waals surface area contributed by atoms with E-state index in [1.165, 1.54) is 0 Å². The standard InChI is InChI=1S/C6H9N3/c1-5-3-4-6(2)9(5)8-7/h3-4,8H,1-2H3. The Morgan fingerprint density at radius 1 is 1.33 bits per heavy atom. The Balaban J connectivity index is 3.22. The number of nitrogens with zero attached hydrogens (tertiary/aromatic N) is 2. The van der Waals surface area contributed by atoms with Gasteiger partial charge in [0.2, 0.25) is 0 Å². The maximum absolute atomic E-state index is 8.50. The van der Waals surface area contributed by atoms with Crippen molar-refractivity contribution < 1.29 is 5.22 Å². The minimum Gasteiger partial charge on any atom is -0.235 e. The summed E-state index contributed by atoms with van der Waals surface area (Å²) in [5, 5.41) is 2.06. The molecule has 1 aromatic heterocycles. The van der Waals surface area contributed by atoms with Crippen molar-refractivity contribution >= 4 is 0 Å². The van der Waals surface area contributed by atoms with Crippen molar-refractivity contribution in [2.75, 3.05) is 0 Å². The molecule has 0 aliphatic rings. The van der Waals surface area contributed by atoms with Crippen molar-refractivity contribution in [2.24, 2.45) is 0 Å². The first-order chi connectivity index (χ1) is 4.25. The molecule has 3 nitrogen and oxygen atoms in total. The van der Waals surface area contributed by atoms with Crippen LogP contribution in [0.2, 0.25) is 0 Å². The molecule has 0 spiro atoms. The van der Waals surface area contributed by atoms with Gasteiger partial charge in [0.15, 0.2) is 0 Å². The van der Waals surface area contributed by atoms with Crippen LogP contribution in [0.15, 0.2) is 12.1 Å². The number of nitrogens with one attached hydrogen (secondary N) is 1. The van der Waals surface area contributed by atoms with Crippen LogP contribution >= 0.6 is 0 Å². The highest BCUT2D eigenvalue weighted by molar-refractivity contribution is 5.10. The highest BCUT2D eigenvalue weighted by Crippen LogP contribution is 1.99. The Labute approximate surface area is 53.8 Å². The molecule has 1 N–H and O–H groups in total. The number of hydrogen-bond donors (Lipinski definition) is 1. The fraction of sp³-hybridized carbons (Fsp3) is 0.333. The maximum atomic E-state index is 8.50. The van der Waals surface area contributed by atoms with Crippen molar-refractivity contribution in [1.82, 2.24) is 4.68 Å². The molecule has 0 unspecified atom stereocenters. The van der Waals surface area contributed by atoms with Gasteiger partial charge < -0.3 is 0 Å². The third-order valence-corrected chi connectivity index (χ3v) is 1.37. The van der Waals surface area contributed by atoms with Crippen LogP contribution in [0.3, 0.4) is 0 Å². The zero-order valence-electron chi connectivity index (χ0n) is 5.55. The summed E-state index contributed by atoms with van der Waals surface area (Å²) in [5.74, 6) is 0. The van der Waals surface area contributed by atoms with E-state index in [0.29, 0.717) is 0 Å². The van der Waals surface area contributed by atoms with Gasteiger partial charge in [0, 0.05) is 0 Å². The van der Waals surface area contributed by atoms with Crippen molar-refractivity contribution in [3.63, 3.8) is 0 Å². The van der Waals surface area contributed by atoms with Gasteiger partial charge in [-0.3, -0.25) is 0 Å². The smallest absolute Gasteiger partial charge is 0.00760 e. The monoisotopic (exact) mass is 123 g/mol. The summed E-state index contributed by atoms with van der Waals surface area (Å²) in [6, 6.07) is 3.86. The van der Waals surface area contributed by atoms with E-state index in [1.54, 1.807) is 4.68 Å². The van der Waals surface area contributed by atoms with E-state index in [1.807, 2.05) is 26.0 Å². The number of hydrogen-bond acceptors (Lipinski definition) is 0. The average Bonchev–Trinajstić information content (AvgIpc) is 2.12. The first kappa shape index (κ1) is 6.01. The summed E-state index contributed by atoms with van der Waals surface area (Å²) < 4.78 is 1.60. The normalized spacial score (nSPS) is 9.56. The molecule has 0 aliphatic carbocycles. The van der Waals surface area contributed by atoms with Crippen LogP contribution in [-0.2, 0) is 0 Å². The molecule has 0 radical (unpaired) electrons. The van der Waals surface area contributed by atoms with Crippen LogP contribution in [0.25, 0.3) is 5.53 Å². The molecule has 1 aromatic rings. The van der Waals surface area contributed by atoms with Gasteiger partial charge in [-0.25, -0.2) is 4.68 Å². The van der Waals surface area contributed by atoms with E-state index < -0.39 is 0 Å². The van der Waals surface area contributed by atoms with E-state index in [-0.39, 0.29) is 0 Å². The third-order valence-electron chi connectivity index (χ3n) is 1.37. The van der Waals surface area contributed by atoms with E-state index >= 15 is 0 Å². The Morgan fingerprint density at radius 3 is 2.00 bits per heavy atom. The Morgan fingerprint density at radius 2 is 1.78 bits per heavy atom. The molecule has 0 saturated carbocycles. The molecule has 0 saturated heterocycles. The van der Waals surface area contributed by atoms with Crippen LogP contribution < -0.4 is 5.22 Å². The summed E-state index contributed by atoms with van der Waals surface area (Å²) in [5.41, 5.74) is 10.5. The lowest BCUT2D eigenvalue weighted by Gasteiger charge is -1.98. The molecule has 0 fully saturated rings. The second-order valence-electron chi connectivity index (χ2n) is 2.05. The van der Waals surface area contributed by atoms with Crippen LogP contribution in [0, 0.1) is 13.8 Å². The molecule has 3 heteroatoms. The molecule has 0 bridgehead atoms. The van der Waals surface area contributed by atoms with E-state index in [2.05, 4.69) is 5.22 Å². The summed E-state index contributed by atoms with van der Waals surface area (Å²) in [6.07, 6.45) is 0. The van der Waals surface area contributed by atoms with Crippen molar-refractivity contribution in [1.29, 1.82) is 0 Å². The number of aryl methyl sites for hydroxylation is 2. The lowest BCUT2D eigenvalue weighted by atomic mass is 10.5. The second-order valence-corrected chi connectivity index (χ2v) is 2.05. The van der Waals surface area contributed by atoms with Crippen LogP contribution in [0.1, 0.15) is 11.4 Å². The first-order valence-electron chi connectivity index (χ1n) is 2.81. The van der Waals surface area contributed by atoms with Gasteiger partial charge in [0.25, 0.3) is 0 Å². The molecule has 0 aliphatic heterocycles. The highest BCUT2D eigenvalue weighted by atomic mass is 15.4. The minimum atomic E-state index is 0.995. The molecule has 48 valence electrons. The molecule has 0 atom stereocenters. The second kappa shape index (κ2) is 2.01. The van der Waals surface area contributed by atoms with Crippen LogP contribution in [0.5, 0.6) is 0 Å². The van der Waals surface area contributed by atoms with Gasteiger partial charge >= 0.3 is 0 Å². The number of rotatable bonds is 1. The van der Waals surface area contributed by atoms with Gasteiger partial charge in [0.1, 0.15) is 0 Å². The van der Waals surface area contributed by atoms with E-state index in [9.17, 15) is 0 Å². The zero-order chi connectivity index (χ0) is 6.85. The van der Waals surface area contributed by atoms with E-state index in [0.717, 1.165) is 11.4 Å². The van der Waals surface area contributed by atoms with Gasteiger partial charge in [-0.1, -0.05) is 12.1 Å². The predicted octanol–water partition coefficient (Wildman–Crippen LogP) is -0.0298. The van der Waals surface area contributed by atoms with Crippen LogP contribution in [0.4, 0.5) is 0 Å². The lowest BCUT2D eigenvalue weighted by molar-refractivity contribution is -0.548. The van der Waals surface area contributed by atoms with Gasteiger partial charge in [0.05, 0.1) is 0 Å². The first-order valence-corrected chi connectivity index (χ1v) is 2.81. The molecule has 1 rings (SSSR count). The maximum Gasteiger partial charge on any atom is -0.00760 e. The van der Waals surface area contributed by atoms with Gasteiger partial charge in [-0.2, -0.15) is 10.8 Å². The van der Waals surface area contributed by atoms with E-state index in [4.69, 9.17) is 5.53 Å². The predicted molar refractivity (Wildman–Crippen MR) is 33.6 cm³/mol. The summed E-state index contributed by atoms with van der Waals surface area (Å²) in [7, 11) is 0. The largest absolute Gasteiger partial charge is 0.235 e. The molecule has 0 aromatic carbocycles. The van der Waals surface area contributed by atoms with Crippen molar-refractivity contribution in [3.05, 3.63) is 29.1 Å². The number of aromatic nitrogens is 1. The van der Waals surface area contributed by atoms with Crippen LogP contribution in [-0.4, -0.2) is 4.68 Å². The summed E-state index contributed by atoms with van der Waals surface area (Å²) in [4.78, 5) is 0. The summed E-state index contributed by atoms with van der Waals surface area (Å²) >= 11 is 0. The molecule has 1 heterocycles. The fourth-order valence-electron chi connectivity index (χ4n) is 0.826. The van der Waals surface area contributed by atoms with Crippen molar-refractivity contribution in [2.45, 2.75) is 13.8 Å². The zero-order valence-corrected chi connectivity index (χ0v) is 5.55. The Bertz CT molecular complexity index is 205. The summed E-state index contributed by atoms with van der Waals surface area (Å²) in [6.45, 7) is 3.83. The SMILES string of the molecule is Cc1ccc(C)n1[NH+]=[N-]. The fourth-order valence-corrected chi connectivity index (χ4v) is 0.826. The Hall–Kier alpha value is -1.12. The van der Waals surface area contributed by atoms with Gasteiger partial charge in [-0.05, 0) is 25.2 Å². The molecular formula is C6H9N3. The van der Waals surface area contributed by atoms with Gasteiger partial charge in [-0.15, -0.1) is 0 Å². The Kier molecular flexibility index (Phi) is 1.34. The minimum absolute atomic E-state index is 0.995. The lowest BCUT2D eigenvalue weighted by Crippen LogP contribution is -2.68. The topological polar surface area (TPSA) is 41.2 Å². The van der Waals surface area contributed by atoms with Crippen molar-refractivity contribution in [3.8, 4) is 0 Å². The quantitative estimate of drug-likeness (QED) is 0.509. The molecular weight excluding hydrogens is 114 g/mol. The third kappa shape index (κ3) is 0.850. The molecule has 0 amide bonds. The highest BCUT2D eigenvalue weighted by Gasteiger charge is 1.92.